The number of imidazole rings is 1. The van der Waals surface area contributed by atoms with E-state index in [0.29, 0.717) is 71.6 Å². The molecule has 9 aromatic rings. The predicted octanol–water partition coefficient (Wildman–Crippen LogP) is 9.17. The van der Waals surface area contributed by atoms with Crippen molar-refractivity contribution >= 4 is 62.3 Å². The van der Waals surface area contributed by atoms with Gasteiger partial charge in [0.15, 0.2) is 0 Å². The SMILES string of the molecule is CCCN(CCC)C(=O)[C@@H](Cc1c[nH]c2ccccc12)NC(=O)[C@H](CCCNC(=N)NS(=O)(=O)c1c(C)c(C)c2c(c1C)CC(C)(C)O2)NC(=O)[C@@H](Cc1ccccc1)NC(=O)[C@H](Cc1cn(C(c2ccccc2)(c2ccccc2)c2ccccc2)cn1)NC(=O)CNC(=O)c1ccccc1. The average Bonchev–Trinajstić information content (AvgIpc) is 1.73. The van der Waals surface area contributed by atoms with Gasteiger partial charge in [-0.15, -0.1) is 0 Å². The first-order chi connectivity index (χ1) is 48.6. The van der Waals surface area contributed by atoms with Gasteiger partial charge in [0.2, 0.25) is 35.5 Å². The Morgan fingerprint density at radius 2 is 1.18 bits per heavy atom. The van der Waals surface area contributed by atoms with Crippen molar-refractivity contribution in [2.45, 2.75) is 140 Å². The largest absolute Gasteiger partial charge is 0.487 e. The fraction of sp³-hybridized carbons (Fsp3) is 0.316. The number of rotatable bonds is 31. The Morgan fingerprint density at radius 1 is 0.644 bits per heavy atom. The first-order valence-electron chi connectivity index (χ1n) is 34.4. The van der Waals surface area contributed by atoms with E-state index in [1.807, 2.05) is 173 Å². The number of nitrogens with zero attached hydrogens (tertiary/aromatic N) is 3. The average molecular weight is 1380 g/mol. The Morgan fingerprint density at radius 3 is 1.78 bits per heavy atom. The maximum Gasteiger partial charge on any atom is 0.264 e. The summed E-state index contributed by atoms with van der Waals surface area (Å²) in [5.41, 5.74) is 6.65. The van der Waals surface area contributed by atoms with E-state index in [4.69, 9.17) is 15.1 Å². The van der Waals surface area contributed by atoms with E-state index in [-0.39, 0.29) is 49.5 Å². The highest BCUT2D eigenvalue weighted by Crippen LogP contribution is 2.44. The number of hydrogen-bond acceptors (Lipinski definition) is 11. The molecule has 10 rings (SSSR count). The van der Waals surface area contributed by atoms with Crippen molar-refractivity contribution in [3.05, 3.63) is 256 Å². The lowest BCUT2D eigenvalue weighted by Crippen LogP contribution is -2.59. The number of amides is 6. The van der Waals surface area contributed by atoms with Gasteiger partial charge in [-0.3, -0.25) is 34.2 Å². The normalized spacial score (nSPS) is 13.7. The second-order valence-corrected chi connectivity index (χ2v) is 27.9. The molecule has 0 fully saturated rings. The van der Waals surface area contributed by atoms with Crippen LogP contribution >= 0.6 is 0 Å². The molecule has 526 valence electrons. The quantitative estimate of drug-likeness (QED) is 0.00854. The molecule has 0 unspecified atom stereocenters. The van der Waals surface area contributed by atoms with Gasteiger partial charge in [-0.05, 0) is 123 Å². The second-order valence-electron chi connectivity index (χ2n) is 26.3. The number of H-pyrrole nitrogens is 1. The van der Waals surface area contributed by atoms with Gasteiger partial charge in [-0.25, -0.2) is 18.1 Å². The smallest absolute Gasteiger partial charge is 0.264 e. The molecule has 0 bridgehead atoms. The molecule has 2 aromatic heterocycles. The molecule has 6 amide bonds. The lowest BCUT2D eigenvalue weighted by Gasteiger charge is -2.37. The fourth-order valence-corrected chi connectivity index (χ4v) is 15.0. The summed E-state index contributed by atoms with van der Waals surface area (Å²) in [6.07, 6.45) is 6.88. The van der Waals surface area contributed by atoms with E-state index in [1.165, 1.54) is 0 Å². The number of ether oxygens (including phenoxy) is 1. The number of aromatic amines is 1. The van der Waals surface area contributed by atoms with Gasteiger partial charge in [0.05, 0.1) is 23.5 Å². The minimum absolute atomic E-state index is 0.0516. The molecule has 0 spiro atoms. The van der Waals surface area contributed by atoms with E-state index in [2.05, 4.69) is 41.6 Å². The van der Waals surface area contributed by atoms with Gasteiger partial charge < -0.3 is 51.1 Å². The summed E-state index contributed by atoms with van der Waals surface area (Å²) < 4.78 is 39.1. The minimum atomic E-state index is -4.32. The van der Waals surface area contributed by atoms with Crippen LogP contribution in [-0.4, -0.2) is 125 Å². The molecule has 1 aliphatic heterocycles. The van der Waals surface area contributed by atoms with Crippen LogP contribution in [0.5, 0.6) is 5.75 Å². The summed E-state index contributed by atoms with van der Waals surface area (Å²) in [4.78, 5) is 98.6. The zero-order chi connectivity index (χ0) is 71.8. The first kappa shape index (κ1) is 72.9. The molecule has 21 nitrogen and oxygen atoms in total. The maximum atomic E-state index is 15.5. The minimum Gasteiger partial charge on any atom is -0.487 e. The zero-order valence-corrected chi connectivity index (χ0v) is 59.0. The molecule has 101 heavy (non-hydrogen) atoms. The Balaban J connectivity index is 0.961. The number of sulfonamides is 1. The third-order valence-corrected chi connectivity index (χ3v) is 20.1. The van der Waals surface area contributed by atoms with Crippen molar-refractivity contribution < 1.29 is 41.9 Å². The van der Waals surface area contributed by atoms with Crippen molar-refractivity contribution in [2.24, 2.45) is 0 Å². The molecular weight excluding hydrogens is 1290 g/mol. The van der Waals surface area contributed by atoms with Gasteiger partial charge in [0, 0.05) is 79.7 Å². The summed E-state index contributed by atoms with van der Waals surface area (Å²) in [7, 11) is -4.32. The molecule has 0 radical (unpaired) electrons. The standard InChI is InChI=1S/C79H90N12O9S/c1-8-42-90(43-9-2)76(97)68(45-57-48-82-64-39-26-25-38-62(57)64)88-73(94)65(40-27-41-81-77(80)89-101(98,99)71-53(4)52(3)70-63(54(71)5)47-78(6,7)100-70)86-74(95)66(44-55-28-15-10-16-29-55)87-75(96)67(85-69(92)49-83-72(93)56-30-17-11-18-31-56)46-61-50-91(51-84-61)79(58-32-19-12-20-33-58,59-34-21-13-22-35-59)60-36-23-14-24-37-60/h10-26,28-39,48,50-51,65-68,82H,8-9,27,40-47,49H2,1-7H3,(H,83,93)(H,85,92)(H,86,95)(H,87,96)(H,88,94)(H3,80,81,89)/t65-,66+,67-,68+/m0/s1. The van der Waals surface area contributed by atoms with E-state index in [9.17, 15) is 22.8 Å². The third kappa shape index (κ3) is 17.4. The zero-order valence-electron chi connectivity index (χ0n) is 58.2. The summed E-state index contributed by atoms with van der Waals surface area (Å²) in [6, 6.07) is 49.4. The first-order valence-corrected chi connectivity index (χ1v) is 35.9. The molecule has 22 heteroatoms. The van der Waals surface area contributed by atoms with Crippen molar-refractivity contribution in [2.75, 3.05) is 26.2 Å². The molecule has 7 aromatic carbocycles. The number of benzene rings is 7. The van der Waals surface area contributed by atoms with Gasteiger partial charge in [0.25, 0.3) is 15.9 Å². The Hall–Kier alpha value is -10.9. The number of carbonyl (C=O) groups is 6. The van der Waals surface area contributed by atoms with Gasteiger partial charge in [-0.1, -0.05) is 172 Å². The lowest BCUT2D eigenvalue weighted by molar-refractivity contribution is -0.138. The van der Waals surface area contributed by atoms with Crippen LogP contribution in [0.2, 0.25) is 0 Å². The number of para-hydroxylation sites is 1. The van der Waals surface area contributed by atoms with E-state index >= 15 is 14.4 Å². The number of guanidine groups is 1. The van der Waals surface area contributed by atoms with Crippen LogP contribution in [-0.2, 0) is 65.2 Å². The molecule has 0 saturated heterocycles. The highest BCUT2D eigenvalue weighted by atomic mass is 32.2. The topological polar surface area (TPSA) is 291 Å². The number of hydrogen-bond donors (Lipinski definition) is 9. The van der Waals surface area contributed by atoms with Crippen LogP contribution in [0.25, 0.3) is 10.9 Å². The van der Waals surface area contributed by atoms with Gasteiger partial charge in [0.1, 0.15) is 41.1 Å². The van der Waals surface area contributed by atoms with Crippen molar-refractivity contribution in [3.8, 4) is 5.75 Å². The predicted molar refractivity (Wildman–Crippen MR) is 391 cm³/mol. The van der Waals surface area contributed by atoms with Crippen LogP contribution in [0, 0.1) is 26.2 Å². The van der Waals surface area contributed by atoms with Gasteiger partial charge in [-0.2, -0.15) is 0 Å². The summed E-state index contributed by atoms with van der Waals surface area (Å²) in [5.74, 6) is -3.72. The van der Waals surface area contributed by atoms with Crippen LogP contribution in [0.15, 0.2) is 200 Å². The molecular formula is C79H90N12O9S. The van der Waals surface area contributed by atoms with Crippen molar-refractivity contribution in [1.29, 1.82) is 5.41 Å². The number of nitrogens with one attached hydrogen (secondary N) is 9. The summed E-state index contributed by atoms with van der Waals surface area (Å²) in [5, 5.41) is 27.0. The molecule has 1 aliphatic rings. The van der Waals surface area contributed by atoms with Crippen molar-refractivity contribution in [3.63, 3.8) is 0 Å². The molecule has 0 saturated carbocycles. The molecule has 3 heterocycles. The van der Waals surface area contributed by atoms with E-state index in [1.54, 1.807) is 79.7 Å². The van der Waals surface area contributed by atoms with E-state index in [0.717, 1.165) is 38.7 Å². The van der Waals surface area contributed by atoms with E-state index < -0.39 is 87.4 Å². The Bertz CT molecular complexity index is 4410. The van der Waals surface area contributed by atoms with Crippen LogP contribution in [0.4, 0.5) is 0 Å². The highest BCUT2D eigenvalue weighted by molar-refractivity contribution is 7.90. The van der Waals surface area contributed by atoms with Crippen LogP contribution < -0.4 is 41.4 Å². The summed E-state index contributed by atoms with van der Waals surface area (Å²) >= 11 is 0. The Labute approximate surface area is 590 Å². The lowest BCUT2D eigenvalue weighted by atomic mass is 9.77. The molecule has 9 N–H and O–H groups in total. The van der Waals surface area contributed by atoms with Crippen LogP contribution in [0.3, 0.4) is 0 Å². The number of carbonyl (C=O) groups excluding carboxylic acids is 6. The molecule has 4 atom stereocenters. The molecule has 0 aliphatic carbocycles. The number of aromatic nitrogens is 3. The number of fused-ring (bicyclic) bond motifs is 2. The highest BCUT2D eigenvalue weighted by Gasteiger charge is 2.41. The summed E-state index contributed by atoms with van der Waals surface area (Å²) in [6.45, 7) is 13.4. The second kappa shape index (κ2) is 32.9. The third-order valence-electron chi connectivity index (χ3n) is 18.4. The van der Waals surface area contributed by atoms with Gasteiger partial charge >= 0.3 is 0 Å². The monoisotopic (exact) mass is 1380 g/mol. The maximum absolute atomic E-state index is 15.5. The van der Waals surface area contributed by atoms with Crippen LogP contribution in [0.1, 0.15) is 120 Å². The fourth-order valence-electron chi connectivity index (χ4n) is 13.5. The van der Waals surface area contributed by atoms with Crippen molar-refractivity contribution in [1.82, 2.24) is 56.1 Å². The Kier molecular flexibility index (Phi) is 23.7.